The Hall–Kier alpha value is -1.71. The molecule has 0 fully saturated rings. The summed E-state index contributed by atoms with van der Waals surface area (Å²) in [6, 6.07) is 15.6. The normalized spacial score (nSPS) is 12.0. The molecule has 0 amide bonds. The maximum atomic E-state index is 6.11. The highest BCUT2D eigenvalue weighted by Crippen LogP contribution is 2.25. The second-order valence-electron chi connectivity index (χ2n) is 4.62. The first-order chi connectivity index (χ1) is 10.2. The van der Waals surface area contributed by atoms with Crippen LogP contribution in [-0.2, 0) is 0 Å². The van der Waals surface area contributed by atoms with Gasteiger partial charge in [0.2, 0.25) is 0 Å². The first kappa shape index (κ1) is 15.7. The molecule has 0 aliphatic rings. The van der Waals surface area contributed by atoms with Crippen molar-refractivity contribution in [2.45, 2.75) is 13.0 Å². The fourth-order valence-electron chi connectivity index (χ4n) is 2.09. The second kappa shape index (κ2) is 7.91. The van der Waals surface area contributed by atoms with Crippen LogP contribution in [0.25, 0.3) is 0 Å². The third-order valence-electron chi connectivity index (χ3n) is 3.21. The number of para-hydroxylation sites is 1. The minimum Gasteiger partial charge on any atom is -0.497 e. The van der Waals surface area contributed by atoms with Crippen LogP contribution in [0, 0.1) is 0 Å². The van der Waals surface area contributed by atoms with Crippen LogP contribution < -0.4 is 14.8 Å². The van der Waals surface area contributed by atoms with Gasteiger partial charge in [-0.25, -0.2) is 0 Å². The predicted molar refractivity (Wildman–Crippen MR) is 86.4 cm³/mol. The summed E-state index contributed by atoms with van der Waals surface area (Å²) in [7, 11) is 1.66. The van der Waals surface area contributed by atoms with Crippen LogP contribution in [0.3, 0.4) is 0 Å². The molecule has 3 nitrogen and oxygen atoms in total. The number of ether oxygens (including phenoxy) is 2. The van der Waals surface area contributed by atoms with Gasteiger partial charge in [-0.1, -0.05) is 42.8 Å². The largest absolute Gasteiger partial charge is 0.497 e. The molecule has 112 valence electrons. The van der Waals surface area contributed by atoms with Crippen molar-refractivity contribution in [3.05, 3.63) is 59.1 Å². The van der Waals surface area contributed by atoms with Crippen LogP contribution in [-0.4, -0.2) is 20.3 Å². The van der Waals surface area contributed by atoms with Crippen molar-refractivity contribution in [2.24, 2.45) is 0 Å². The lowest BCUT2D eigenvalue weighted by Crippen LogP contribution is -2.26. The first-order valence-corrected chi connectivity index (χ1v) is 7.37. The Balaban J connectivity index is 2.06. The summed E-state index contributed by atoms with van der Waals surface area (Å²) >= 11 is 6.11. The van der Waals surface area contributed by atoms with Gasteiger partial charge in [0.25, 0.3) is 0 Å². The van der Waals surface area contributed by atoms with E-state index in [1.165, 1.54) is 0 Å². The van der Waals surface area contributed by atoms with Crippen molar-refractivity contribution in [1.29, 1.82) is 0 Å². The van der Waals surface area contributed by atoms with Crippen LogP contribution in [0.2, 0.25) is 5.02 Å². The van der Waals surface area contributed by atoms with Gasteiger partial charge in [-0.15, -0.1) is 0 Å². The molecule has 0 spiro atoms. The quantitative estimate of drug-likeness (QED) is 0.836. The van der Waals surface area contributed by atoms with E-state index >= 15 is 0 Å². The number of benzene rings is 2. The zero-order chi connectivity index (χ0) is 15.1. The summed E-state index contributed by atoms with van der Waals surface area (Å²) < 4.78 is 11.0. The van der Waals surface area contributed by atoms with Gasteiger partial charge in [0.05, 0.1) is 18.2 Å². The molecule has 2 aromatic rings. The van der Waals surface area contributed by atoms with E-state index in [0.29, 0.717) is 17.4 Å². The Morgan fingerprint density at radius 2 is 1.81 bits per heavy atom. The summed E-state index contributed by atoms with van der Waals surface area (Å²) in [5.74, 6) is 1.55. The maximum Gasteiger partial charge on any atom is 0.137 e. The fraction of sp³-hybridized carbons (Fsp3) is 0.294. The van der Waals surface area contributed by atoms with Gasteiger partial charge in [0, 0.05) is 0 Å². The molecule has 0 heterocycles. The van der Waals surface area contributed by atoms with Gasteiger partial charge in [0.1, 0.15) is 18.1 Å². The number of methoxy groups -OCH3 is 1. The van der Waals surface area contributed by atoms with E-state index in [0.717, 1.165) is 17.9 Å². The third kappa shape index (κ3) is 4.38. The van der Waals surface area contributed by atoms with E-state index in [-0.39, 0.29) is 6.04 Å². The molecule has 0 aliphatic carbocycles. The predicted octanol–water partition coefficient (Wildman–Crippen LogP) is 4.08. The highest BCUT2D eigenvalue weighted by molar-refractivity contribution is 6.32. The molecule has 2 rings (SSSR count). The Kier molecular flexibility index (Phi) is 5.90. The maximum absolute atomic E-state index is 6.11. The molecule has 1 unspecified atom stereocenters. The van der Waals surface area contributed by atoms with Crippen molar-refractivity contribution < 1.29 is 9.47 Å². The van der Waals surface area contributed by atoms with Gasteiger partial charge in [0.15, 0.2) is 0 Å². The minimum absolute atomic E-state index is 0.108. The molecule has 21 heavy (non-hydrogen) atoms. The Bertz CT molecular complexity index is 557. The Morgan fingerprint density at radius 1 is 1.10 bits per heavy atom. The monoisotopic (exact) mass is 305 g/mol. The minimum atomic E-state index is 0.108. The molecule has 2 aromatic carbocycles. The van der Waals surface area contributed by atoms with Gasteiger partial charge in [-0.2, -0.15) is 0 Å². The van der Waals surface area contributed by atoms with Crippen molar-refractivity contribution in [3.63, 3.8) is 0 Å². The van der Waals surface area contributed by atoms with Crippen LogP contribution in [0.5, 0.6) is 11.5 Å². The summed E-state index contributed by atoms with van der Waals surface area (Å²) in [5.41, 5.74) is 1.16. The van der Waals surface area contributed by atoms with E-state index in [9.17, 15) is 0 Å². The van der Waals surface area contributed by atoms with E-state index in [4.69, 9.17) is 21.1 Å². The first-order valence-electron chi connectivity index (χ1n) is 6.99. The number of likely N-dealkylation sites (N-methyl/N-ethyl adjacent to an activating group) is 1. The summed E-state index contributed by atoms with van der Waals surface area (Å²) in [6.07, 6.45) is 0. The van der Waals surface area contributed by atoms with Crippen molar-refractivity contribution >= 4 is 11.6 Å². The molecule has 0 radical (unpaired) electrons. The third-order valence-corrected chi connectivity index (χ3v) is 3.52. The zero-order valence-electron chi connectivity index (χ0n) is 12.3. The molecule has 0 bridgehead atoms. The molecule has 1 N–H and O–H groups in total. The van der Waals surface area contributed by atoms with Crippen LogP contribution in [0.4, 0.5) is 0 Å². The van der Waals surface area contributed by atoms with E-state index in [1.54, 1.807) is 7.11 Å². The van der Waals surface area contributed by atoms with Crippen LogP contribution >= 0.6 is 11.6 Å². The van der Waals surface area contributed by atoms with Crippen LogP contribution in [0.1, 0.15) is 18.5 Å². The lowest BCUT2D eigenvalue weighted by Gasteiger charge is -2.19. The van der Waals surface area contributed by atoms with Crippen LogP contribution in [0.15, 0.2) is 48.5 Å². The Labute approximate surface area is 130 Å². The highest BCUT2D eigenvalue weighted by atomic mass is 35.5. The second-order valence-corrected chi connectivity index (χ2v) is 5.03. The fourth-order valence-corrected chi connectivity index (χ4v) is 2.28. The number of hydrogen-bond donors (Lipinski definition) is 1. The number of nitrogens with one attached hydrogen (secondary N) is 1. The SMILES string of the molecule is CCNC(COc1ccccc1Cl)c1ccc(OC)cc1. The zero-order valence-corrected chi connectivity index (χ0v) is 13.1. The van der Waals surface area contributed by atoms with Crippen molar-refractivity contribution in [3.8, 4) is 11.5 Å². The number of rotatable bonds is 7. The average molecular weight is 306 g/mol. The molecule has 0 aromatic heterocycles. The van der Waals surface area contributed by atoms with Crippen molar-refractivity contribution in [1.82, 2.24) is 5.32 Å². The van der Waals surface area contributed by atoms with E-state index in [2.05, 4.69) is 12.2 Å². The lowest BCUT2D eigenvalue weighted by atomic mass is 10.1. The van der Waals surface area contributed by atoms with E-state index in [1.807, 2.05) is 48.5 Å². The van der Waals surface area contributed by atoms with Gasteiger partial charge in [-0.3, -0.25) is 0 Å². The van der Waals surface area contributed by atoms with E-state index < -0.39 is 0 Å². The summed E-state index contributed by atoms with van der Waals surface area (Å²) in [4.78, 5) is 0. The number of halogens is 1. The highest BCUT2D eigenvalue weighted by Gasteiger charge is 2.12. The smallest absolute Gasteiger partial charge is 0.137 e. The molecule has 0 saturated heterocycles. The molecular weight excluding hydrogens is 286 g/mol. The Morgan fingerprint density at radius 3 is 2.43 bits per heavy atom. The number of hydrogen-bond acceptors (Lipinski definition) is 3. The van der Waals surface area contributed by atoms with Crippen molar-refractivity contribution in [2.75, 3.05) is 20.3 Å². The average Bonchev–Trinajstić information content (AvgIpc) is 2.53. The molecule has 0 saturated carbocycles. The lowest BCUT2D eigenvalue weighted by molar-refractivity contribution is 0.268. The molecule has 1 atom stereocenters. The van der Waals surface area contributed by atoms with Gasteiger partial charge in [-0.05, 0) is 36.4 Å². The molecule has 0 aliphatic heterocycles. The standard InChI is InChI=1S/C17H20ClNO2/c1-3-19-16(13-8-10-14(20-2)11-9-13)12-21-17-7-5-4-6-15(17)18/h4-11,16,19H,3,12H2,1-2H3. The molecular formula is C17H20ClNO2. The summed E-state index contributed by atoms with van der Waals surface area (Å²) in [6.45, 7) is 3.46. The van der Waals surface area contributed by atoms with Gasteiger partial charge >= 0.3 is 0 Å². The topological polar surface area (TPSA) is 30.5 Å². The summed E-state index contributed by atoms with van der Waals surface area (Å²) in [5, 5.41) is 4.04. The molecule has 4 heteroatoms. The van der Waals surface area contributed by atoms with Gasteiger partial charge < -0.3 is 14.8 Å².